The number of fused-ring (bicyclic) bond motifs is 1. The number of rotatable bonds is 4. The maximum absolute atomic E-state index is 5.69. The highest BCUT2D eigenvalue weighted by molar-refractivity contribution is 5.38. The lowest BCUT2D eigenvalue weighted by molar-refractivity contribution is 0.425. The van der Waals surface area contributed by atoms with Crippen molar-refractivity contribution < 1.29 is 9.47 Å². The molecule has 9 heteroatoms. The van der Waals surface area contributed by atoms with Gasteiger partial charge in [0.05, 0.1) is 0 Å². The van der Waals surface area contributed by atoms with E-state index in [1.54, 1.807) is 54.9 Å². The Morgan fingerprint density at radius 1 is 0.870 bits per heavy atom. The lowest BCUT2D eigenvalue weighted by atomic mass is 10.3. The van der Waals surface area contributed by atoms with Crippen molar-refractivity contribution in [1.82, 2.24) is 35.2 Å². The molecule has 9 nitrogen and oxygen atoms in total. The van der Waals surface area contributed by atoms with Crippen molar-refractivity contribution in [2.24, 2.45) is 0 Å². The first kappa shape index (κ1) is 13.1. The summed E-state index contributed by atoms with van der Waals surface area (Å²) >= 11 is 0. The standard InChI is InChI=1S/C14H9N7O2/c1-3-10(9-11(4-1)23-14-15-7-2-8-16-14)22-13-6-5-12-17-19-20-21(12)18-13/h1-9H. The monoisotopic (exact) mass is 307 g/mol. The van der Waals surface area contributed by atoms with Gasteiger partial charge in [0.25, 0.3) is 0 Å². The first-order chi connectivity index (χ1) is 11.4. The summed E-state index contributed by atoms with van der Waals surface area (Å²) in [5.41, 5.74) is 0.538. The lowest BCUT2D eigenvalue weighted by Gasteiger charge is -2.07. The summed E-state index contributed by atoms with van der Waals surface area (Å²) in [5, 5.41) is 15.2. The Hall–Kier alpha value is -3.62. The van der Waals surface area contributed by atoms with Gasteiger partial charge in [0, 0.05) is 24.5 Å². The highest BCUT2D eigenvalue weighted by Gasteiger charge is 2.05. The molecule has 0 atom stereocenters. The fraction of sp³-hybridized carbons (Fsp3) is 0. The van der Waals surface area contributed by atoms with E-state index in [-0.39, 0.29) is 6.01 Å². The molecule has 0 saturated carbocycles. The first-order valence-electron chi connectivity index (χ1n) is 6.65. The summed E-state index contributed by atoms with van der Waals surface area (Å²) in [6, 6.07) is 12.4. The van der Waals surface area contributed by atoms with Gasteiger partial charge in [-0.2, -0.15) is 0 Å². The molecule has 4 rings (SSSR count). The van der Waals surface area contributed by atoms with E-state index >= 15 is 0 Å². The normalized spacial score (nSPS) is 10.6. The molecule has 1 aromatic carbocycles. The second-order valence-corrected chi connectivity index (χ2v) is 4.41. The van der Waals surface area contributed by atoms with Gasteiger partial charge in [-0.1, -0.05) is 6.07 Å². The number of hydrogen-bond donors (Lipinski definition) is 0. The zero-order chi connectivity index (χ0) is 15.5. The Morgan fingerprint density at radius 3 is 2.57 bits per heavy atom. The van der Waals surface area contributed by atoms with E-state index in [2.05, 4.69) is 30.6 Å². The Balaban J connectivity index is 1.56. The topological polar surface area (TPSA) is 100 Å². The average molecular weight is 307 g/mol. The first-order valence-corrected chi connectivity index (χ1v) is 6.65. The molecule has 3 heterocycles. The van der Waals surface area contributed by atoms with E-state index in [0.29, 0.717) is 23.0 Å². The number of hydrogen-bond acceptors (Lipinski definition) is 8. The second-order valence-electron chi connectivity index (χ2n) is 4.41. The van der Waals surface area contributed by atoms with Gasteiger partial charge in [0.2, 0.25) is 5.88 Å². The van der Waals surface area contributed by atoms with Crippen molar-refractivity contribution in [3.63, 3.8) is 0 Å². The second kappa shape index (κ2) is 5.64. The van der Waals surface area contributed by atoms with Gasteiger partial charge in [-0.3, -0.25) is 0 Å². The zero-order valence-corrected chi connectivity index (χ0v) is 11.6. The molecule has 0 bridgehead atoms. The van der Waals surface area contributed by atoms with E-state index < -0.39 is 0 Å². The summed E-state index contributed by atoms with van der Waals surface area (Å²) in [4.78, 5) is 8.01. The molecule has 112 valence electrons. The maximum Gasteiger partial charge on any atom is 0.321 e. The fourth-order valence-electron chi connectivity index (χ4n) is 1.85. The van der Waals surface area contributed by atoms with Crippen molar-refractivity contribution in [1.29, 1.82) is 0 Å². The third-order valence-corrected chi connectivity index (χ3v) is 2.82. The molecule has 0 fully saturated rings. The Morgan fingerprint density at radius 2 is 1.70 bits per heavy atom. The van der Waals surface area contributed by atoms with Crippen LogP contribution < -0.4 is 9.47 Å². The SMILES string of the molecule is c1cnc(Oc2cccc(Oc3ccc4nnnn4n3)c2)nc1. The molecule has 0 aliphatic carbocycles. The average Bonchev–Trinajstić information content (AvgIpc) is 3.04. The summed E-state index contributed by atoms with van der Waals surface area (Å²) < 4.78 is 12.5. The summed E-state index contributed by atoms with van der Waals surface area (Å²) in [5.74, 6) is 1.47. The van der Waals surface area contributed by atoms with Gasteiger partial charge < -0.3 is 9.47 Å². The summed E-state index contributed by atoms with van der Waals surface area (Å²) in [6.45, 7) is 0. The van der Waals surface area contributed by atoms with E-state index in [4.69, 9.17) is 9.47 Å². The molecule has 0 spiro atoms. The van der Waals surface area contributed by atoms with Gasteiger partial charge in [-0.25, -0.2) is 9.97 Å². The van der Waals surface area contributed by atoms with E-state index in [9.17, 15) is 0 Å². The molecule has 0 saturated heterocycles. The predicted molar refractivity (Wildman–Crippen MR) is 77.2 cm³/mol. The van der Waals surface area contributed by atoms with Crippen LogP contribution in [0.15, 0.2) is 54.9 Å². The van der Waals surface area contributed by atoms with Crippen molar-refractivity contribution in [2.45, 2.75) is 0 Å². The van der Waals surface area contributed by atoms with E-state index in [1.807, 2.05) is 0 Å². The molecule has 23 heavy (non-hydrogen) atoms. The molecule has 0 amide bonds. The molecule has 3 aromatic heterocycles. The van der Waals surface area contributed by atoms with Crippen molar-refractivity contribution in [3.8, 4) is 23.4 Å². The van der Waals surface area contributed by atoms with E-state index in [0.717, 1.165) is 0 Å². The van der Waals surface area contributed by atoms with Gasteiger partial charge in [0.15, 0.2) is 5.65 Å². The smallest absolute Gasteiger partial charge is 0.321 e. The Labute approximate surface area is 129 Å². The molecular weight excluding hydrogens is 298 g/mol. The van der Waals surface area contributed by atoms with Crippen LogP contribution >= 0.6 is 0 Å². The van der Waals surface area contributed by atoms with Gasteiger partial charge in [-0.05, 0) is 34.7 Å². The molecule has 0 aliphatic rings. The van der Waals surface area contributed by atoms with Crippen LogP contribution in [0.4, 0.5) is 0 Å². The van der Waals surface area contributed by atoms with Crippen molar-refractivity contribution in [2.75, 3.05) is 0 Å². The Bertz CT molecular complexity index is 942. The highest BCUT2D eigenvalue weighted by atomic mass is 16.5. The highest BCUT2D eigenvalue weighted by Crippen LogP contribution is 2.26. The van der Waals surface area contributed by atoms with Crippen LogP contribution in [0.2, 0.25) is 0 Å². The molecule has 0 N–H and O–H groups in total. The van der Waals surface area contributed by atoms with Gasteiger partial charge in [-0.15, -0.1) is 14.8 Å². The van der Waals surface area contributed by atoms with Crippen LogP contribution in [-0.2, 0) is 0 Å². The number of benzene rings is 1. The predicted octanol–water partition coefficient (Wildman–Crippen LogP) is 1.89. The quantitative estimate of drug-likeness (QED) is 0.563. The third-order valence-electron chi connectivity index (χ3n) is 2.82. The van der Waals surface area contributed by atoms with Crippen molar-refractivity contribution in [3.05, 3.63) is 54.9 Å². The minimum absolute atomic E-state index is 0.262. The van der Waals surface area contributed by atoms with Crippen LogP contribution in [0.5, 0.6) is 23.4 Å². The largest absolute Gasteiger partial charge is 0.437 e. The molecular formula is C14H9N7O2. The minimum atomic E-state index is 0.262. The summed E-state index contributed by atoms with van der Waals surface area (Å²) in [7, 11) is 0. The van der Waals surface area contributed by atoms with Crippen LogP contribution in [0.25, 0.3) is 5.65 Å². The van der Waals surface area contributed by atoms with Gasteiger partial charge in [0.1, 0.15) is 11.5 Å². The number of tetrazole rings is 1. The lowest BCUT2D eigenvalue weighted by Crippen LogP contribution is -1.97. The molecule has 4 aromatic rings. The van der Waals surface area contributed by atoms with Crippen LogP contribution in [-0.4, -0.2) is 35.2 Å². The van der Waals surface area contributed by atoms with E-state index in [1.165, 1.54) is 4.63 Å². The van der Waals surface area contributed by atoms with Crippen molar-refractivity contribution >= 4 is 5.65 Å². The third kappa shape index (κ3) is 2.88. The maximum atomic E-state index is 5.69. The Kier molecular flexibility index (Phi) is 3.20. The van der Waals surface area contributed by atoms with Crippen LogP contribution in [0.1, 0.15) is 0 Å². The molecule has 0 unspecified atom stereocenters. The van der Waals surface area contributed by atoms with Crippen LogP contribution in [0, 0.1) is 0 Å². The molecule has 0 aliphatic heterocycles. The number of ether oxygens (including phenoxy) is 2. The minimum Gasteiger partial charge on any atom is -0.437 e. The number of aromatic nitrogens is 7. The number of nitrogens with zero attached hydrogens (tertiary/aromatic N) is 7. The zero-order valence-electron chi connectivity index (χ0n) is 11.6. The van der Waals surface area contributed by atoms with Gasteiger partial charge >= 0.3 is 6.01 Å². The summed E-state index contributed by atoms with van der Waals surface area (Å²) in [6.07, 6.45) is 3.21. The fourth-order valence-corrected chi connectivity index (χ4v) is 1.85. The van der Waals surface area contributed by atoms with Crippen LogP contribution in [0.3, 0.4) is 0 Å². The molecule has 0 radical (unpaired) electrons.